The molecule has 1 aromatic rings. The zero-order chi connectivity index (χ0) is 12.4. The van der Waals surface area contributed by atoms with Gasteiger partial charge in [0.2, 0.25) is 0 Å². The number of nitro groups is 1. The van der Waals surface area contributed by atoms with Crippen molar-refractivity contribution in [1.29, 1.82) is 0 Å². The van der Waals surface area contributed by atoms with Gasteiger partial charge in [0.25, 0.3) is 5.91 Å². The summed E-state index contributed by atoms with van der Waals surface area (Å²) in [4.78, 5) is 23.3. The molecular formula is C10H11ClN2O4. The van der Waals surface area contributed by atoms with Crippen LogP contribution in [0.15, 0.2) is 16.5 Å². The Morgan fingerprint density at radius 3 is 2.65 bits per heavy atom. The van der Waals surface area contributed by atoms with Crippen molar-refractivity contribution >= 4 is 23.4 Å². The maximum Gasteiger partial charge on any atom is 0.433 e. The van der Waals surface area contributed by atoms with E-state index in [1.54, 1.807) is 4.90 Å². The second-order valence-electron chi connectivity index (χ2n) is 3.86. The van der Waals surface area contributed by atoms with Gasteiger partial charge >= 0.3 is 5.88 Å². The van der Waals surface area contributed by atoms with Gasteiger partial charge in [0, 0.05) is 18.5 Å². The molecule has 2 heterocycles. The summed E-state index contributed by atoms with van der Waals surface area (Å²) in [5, 5.41) is 10.5. The van der Waals surface area contributed by atoms with Crippen molar-refractivity contribution in [3.8, 4) is 0 Å². The highest BCUT2D eigenvalue weighted by atomic mass is 35.5. The maximum atomic E-state index is 11.9. The predicted octanol–water partition coefficient (Wildman–Crippen LogP) is 2.03. The predicted molar refractivity (Wildman–Crippen MR) is 60.1 cm³/mol. The second-order valence-corrected chi connectivity index (χ2v) is 4.48. The van der Waals surface area contributed by atoms with Crippen molar-refractivity contribution in [3.63, 3.8) is 0 Å². The first-order chi connectivity index (χ1) is 8.08. The van der Waals surface area contributed by atoms with E-state index in [0.29, 0.717) is 13.1 Å². The number of amides is 1. The molecule has 0 atom stereocenters. The lowest BCUT2D eigenvalue weighted by molar-refractivity contribution is -0.402. The first-order valence-corrected chi connectivity index (χ1v) is 5.69. The first-order valence-electron chi connectivity index (χ1n) is 5.25. The van der Waals surface area contributed by atoms with Gasteiger partial charge in [0.05, 0.1) is 6.07 Å². The van der Waals surface area contributed by atoms with Crippen molar-refractivity contribution in [2.45, 2.75) is 18.2 Å². The van der Waals surface area contributed by atoms with Crippen LogP contribution in [0.3, 0.4) is 0 Å². The highest BCUT2D eigenvalue weighted by Crippen LogP contribution is 2.21. The molecule has 0 unspecified atom stereocenters. The minimum atomic E-state index is -0.665. The van der Waals surface area contributed by atoms with E-state index < -0.39 is 10.8 Å². The number of hydrogen-bond acceptors (Lipinski definition) is 4. The number of carbonyl (C=O) groups is 1. The molecule has 0 aromatic carbocycles. The minimum Gasteiger partial charge on any atom is -0.395 e. The van der Waals surface area contributed by atoms with Crippen molar-refractivity contribution in [2.75, 3.05) is 13.1 Å². The molecule has 92 valence electrons. The summed E-state index contributed by atoms with van der Waals surface area (Å²) in [5.74, 6) is -0.730. The summed E-state index contributed by atoms with van der Waals surface area (Å²) in [5.41, 5.74) is 0. The lowest BCUT2D eigenvalue weighted by atomic mass is 10.1. The summed E-state index contributed by atoms with van der Waals surface area (Å²) in [7, 11) is 0. The van der Waals surface area contributed by atoms with Gasteiger partial charge in [-0.15, -0.1) is 11.6 Å². The second kappa shape index (κ2) is 4.75. The topological polar surface area (TPSA) is 76.6 Å². The number of alkyl halides is 1. The Labute approximate surface area is 102 Å². The standard InChI is InChI=1S/C10H11ClN2O4/c11-7-3-5-12(6-4-7)10(14)8-1-2-9(17-8)13(15)16/h1-2,7H,3-6H2. The molecule has 6 nitrogen and oxygen atoms in total. The fraction of sp³-hybridized carbons (Fsp3) is 0.500. The van der Waals surface area contributed by atoms with Gasteiger partial charge in [0.1, 0.15) is 4.92 Å². The molecule has 0 N–H and O–H groups in total. The summed E-state index contributed by atoms with van der Waals surface area (Å²) in [6, 6.07) is 2.51. The Bertz CT molecular complexity index is 437. The van der Waals surface area contributed by atoms with Gasteiger partial charge in [-0.05, 0) is 18.9 Å². The minimum absolute atomic E-state index is 0.00437. The Morgan fingerprint density at radius 1 is 1.47 bits per heavy atom. The lowest BCUT2D eigenvalue weighted by Crippen LogP contribution is -2.38. The van der Waals surface area contributed by atoms with E-state index in [4.69, 9.17) is 16.0 Å². The monoisotopic (exact) mass is 258 g/mol. The molecule has 1 fully saturated rings. The average Bonchev–Trinajstić information content (AvgIpc) is 2.78. The fourth-order valence-corrected chi connectivity index (χ4v) is 1.94. The summed E-state index contributed by atoms with van der Waals surface area (Å²) >= 11 is 5.93. The first kappa shape index (κ1) is 11.9. The van der Waals surface area contributed by atoms with Crippen LogP contribution in [0.1, 0.15) is 23.4 Å². The van der Waals surface area contributed by atoms with Gasteiger partial charge in [-0.2, -0.15) is 0 Å². The number of carbonyl (C=O) groups excluding carboxylic acids is 1. The van der Waals surface area contributed by atoms with E-state index in [0.717, 1.165) is 12.8 Å². The molecule has 1 aromatic heterocycles. The Kier molecular flexibility index (Phi) is 3.33. The largest absolute Gasteiger partial charge is 0.433 e. The van der Waals surface area contributed by atoms with Gasteiger partial charge in [0.15, 0.2) is 5.76 Å². The summed E-state index contributed by atoms with van der Waals surface area (Å²) in [6.45, 7) is 1.11. The molecular weight excluding hydrogens is 248 g/mol. The number of hydrogen-bond donors (Lipinski definition) is 0. The lowest BCUT2D eigenvalue weighted by Gasteiger charge is -2.28. The van der Waals surface area contributed by atoms with Crippen LogP contribution in [0.5, 0.6) is 0 Å². The third-order valence-electron chi connectivity index (χ3n) is 2.69. The Hall–Kier alpha value is -1.56. The molecule has 1 saturated heterocycles. The van der Waals surface area contributed by atoms with Gasteiger partial charge in [-0.25, -0.2) is 0 Å². The maximum absolute atomic E-state index is 11.9. The number of rotatable bonds is 2. The molecule has 0 aliphatic carbocycles. The number of furan rings is 1. The normalized spacial score (nSPS) is 17.1. The molecule has 7 heteroatoms. The van der Waals surface area contributed by atoms with Crippen LogP contribution in [-0.4, -0.2) is 34.2 Å². The van der Waals surface area contributed by atoms with Crippen LogP contribution in [0.25, 0.3) is 0 Å². The van der Waals surface area contributed by atoms with Gasteiger partial charge < -0.3 is 9.32 Å². The molecule has 1 aliphatic heterocycles. The molecule has 1 amide bonds. The van der Waals surface area contributed by atoms with Crippen LogP contribution in [0.2, 0.25) is 0 Å². The van der Waals surface area contributed by atoms with Gasteiger partial charge in [-0.3, -0.25) is 14.9 Å². The zero-order valence-electron chi connectivity index (χ0n) is 8.97. The van der Waals surface area contributed by atoms with Crippen LogP contribution >= 0.6 is 11.6 Å². The van der Waals surface area contributed by atoms with E-state index in [-0.39, 0.29) is 17.0 Å². The highest BCUT2D eigenvalue weighted by Gasteiger charge is 2.25. The summed E-state index contributed by atoms with van der Waals surface area (Å²) in [6.07, 6.45) is 1.46. The average molecular weight is 259 g/mol. The van der Waals surface area contributed by atoms with Crippen molar-refractivity contribution in [3.05, 3.63) is 28.0 Å². The van der Waals surface area contributed by atoms with Crippen LogP contribution in [0, 0.1) is 10.1 Å². The molecule has 0 spiro atoms. The van der Waals surface area contributed by atoms with Crippen molar-refractivity contribution < 1.29 is 14.1 Å². The third-order valence-corrected chi connectivity index (χ3v) is 3.13. The van der Waals surface area contributed by atoms with E-state index in [9.17, 15) is 14.9 Å². The number of likely N-dealkylation sites (tertiary alicyclic amines) is 1. The smallest absolute Gasteiger partial charge is 0.395 e. The fourth-order valence-electron chi connectivity index (χ4n) is 1.75. The van der Waals surface area contributed by atoms with E-state index >= 15 is 0 Å². The van der Waals surface area contributed by atoms with Crippen LogP contribution in [0.4, 0.5) is 5.88 Å². The highest BCUT2D eigenvalue weighted by molar-refractivity contribution is 6.20. The third kappa shape index (κ3) is 2.58. The number of piperidine rings is 1. The van der Waals surface area contributed by atoms with Crippen LogP contribution < -0.4 is 0 Å². The molecule has 0 saturated carbocycles. The molecule has 1 aliphatic rings. The SMILES string of the molecule is O=C(c1ccc([N+](=O)[O-])o1)N1CCC(Cl)CC1. The van der Waals surface area contributed by atoms with E-state index in [1.165, 1.54) is 12.1 Å². The zero-order valence-corrected chi connectivity index (χ0v) is 9.72. The Morgan fingerprint density at radius 2 is 2.12 bits per heavy atom. The van der Waals surface area contributed by atoms with Crippen LogP contribution in [-0.2, 0) is 0 Å². The number of nitrogens with zero attached hydrogens (tertiary/aromatic N) is 2. The van der Waals surface area contributed by atoms with Crippen molar-refractivity contribution in [2.24, 2.45) is 0 Å². The molecule has 0 radical (unpaired) electrons. The molecule has 2 rings (SSSR count). The van der Waals surface area contributed by atoms with Gasteiger partial charge in [-0.1, -0.05) is 0 Å². The molecule has 17 heavy (non-hydrogen) atoms. The quantitative estimate of drug-likeness (QED) is 0.462. The molecule has 0 bridgehead atoms. The van der Waals surface area contributed by atoms with E-state index in [2.05, 4.69) is 0 Å². The van der Waals surface area contributed by atoms with Crippen molar-refractivity contribution in [1.82, 2.24) is 4.90 Å². The van der Waals surface area contributed by atoms with E-state index in [1.807, 2.05) is 0 Å². The number of halogens is 1. The summed E-state index contributed by atoms with van der Waals surface area (Å²) < 4.78 is 4.86. The Balaban J connectivity index is 2.06.